The number of hydrogen-bond acceptors (Lipinski definition) is 5. The number of carbonyl (C=O) groups excluding carboxylic acids is 1. The number of ether oxygens (including phenoxy) is 1. The summed E-state index contributed by atoms with van der Waals surface area (Å²) < 4.78 is 28.4. The molecule has 1 saturated heterocycles. The van der Waals surface area contributed by atoms with Gasteiger partial charge < -0.3 is 14.7 Å². The number of sulfone groups is 1. The van der Waals surface area contributed by atoms with Gasteiger partial charge in [0.15, 0.2) is 9.84 Å². The predicted molar refractivity (Wildman–Crippen MR) is 66.9 cm³/mol. The van der Waals surface area contributed by atoms with Crippen molar-refractivity contribution in [2.24, 2.45) is 0 Å². The van der Waals surface area contributed by atoms with Crippen molar-refractivity contribution in [1.82, 2.24) is 4.90 Å². The molecule has 0 aromatic heterocycles. The first kappa shape index (κ1) is 15.4. The molecule has 2 unspecified atom stereocenters. The molecule has 1 aliphatic heterocycles. The van der Waals surface area contributed by atoms with Crippen LogP contribution in [0.3, 0.4) is 0 Å². The van der Waals surface area contributed by atoms with Crippen molar-refractivity contribution < 1.29 is 23.1 Å². The van der Waals surface area contributed by atoms with Crippen LogP contribution in [0.25, 0.3) is 0 Å². The molecule has 7 heteroatoms. The van der Waals surface area contributed by atoms with E-state index in [0.717, 1.165) is 6.42 Å². The lowest BCUT2D eigenvalue weighted by molar-refractivity contribution is -0.131. The van der Waals surface area contributed by atoms with Crippen LogP contribution in [0.15, 0.2) is 0 Å². The van der Waals surface area contributed by atoms with Gasteiger partial charge in [-0.15, -0.1) is 0 Å². The van der Waals surface area contributed by atoms with E-state index in [1.807, 2.05) is 0 Å². The van der Waals surface area contributed by atoms with Crippen LogP contribution in [0.1, 0.15) is 19.3 Å². The highest BCUT2D eigenvalue weighted by Crippen LogP contribution is 2.21. The Morgan fingerprint density at radius 3 is 2.72 bits per heavy atom. The summed E-state index contributed by atoms with van der Waals surface area (Å²) in [6.07, 6.45) is 0.966. The number of rotatable bonds is 5. The quantitative estimate of drug-likeness (QED) is 0.728. The van der Waals surface area contributed by atoms with Gasteiger partial charge in [0.2, 0.25) is 5.91 Å². The Morgan fingerprint density at radius 2 is 2.17 bits per heavy atom. The Bertz CT molecular complexity index is 381. The molecular weight excluding hydrogens is 258 g/mol. The fourth-order valence-electron chi connectivity index (χ4n) is 2.13. The van der Waals surface area contributed by atoms with Gasteiger partial charge >= 0.3 is 0 Å². The molecule has 0 saturated carbocycles. The summed E-state index contributed by atoms with van der Waals surface area (Å²) >= 11 is 0. The van der Waals surface area contributed by atoms with Crippen molar-refractivity contribution >= 4 is 15.7 Å². The van der Waals surface area contributed by atoms with Crippen molar-refractivity contribution in [3.63, 3.8) is 0 Å². The van der Waals surface area contributed by atoms with E-state index < -0.39 is 27.1 Å². The average molecular weight is 279 g/mol. The van der Waals surface area contributed by atoms with E-state index in [1.165, 1.54) is 19.1 Å². The van der Waals surface area contributed by atoms with E-state index in [0.29, 0.717) is 12.8 Å². The normalized spacial score (nSPS) is 24.5. The lowest BCUT2D eigenvalue weighted by Gasteiger charge is -2.27. The van der Waals surface area contributed by atoms with Crippen molar-refractivity contribution in [3.8, 4) is 0 Å². The Balaban J connectivity index is 2.62. The van der Waals surface area contributed by atoms with E-state index in [9.17, 15) is 18.3 Å². The summed E-state index contributed by atoms with van der Waals surface area (Å²) in [7, 11) is -0.360. The molecule has 1 heterocycles. The van der Waals surface area contributed by atoms with Gasteiger partial charge in [0.25, 0.3) is 0 Å². The number of carbonyl (C=O) groups is 1. The third kappa shape index (κ3) is 3.93. The zero-order valence-electron chi connectivity index (χ0n) is 10.8. The number of amides is 1. The summed E-state index contributed by atoms with van der Waals surface area (Å²) in [6, 6.07) is 0. The van der Waals surface area contributed by atoms with Gasteiger partial charge in [-0.1, -0.05) is 6.42 Å². The molecule has 0 bridgehead atoms. The first-order valence-electron chi connectivity index (χ1n) is 6.02. The lowest BCUT2D eigenvalue weighted by Crippen LogP contribution is -2.46. The summed E-state index contributed by atoms with van der Waals surface area (Å²) in [4.78, 5) is 13.3. The van der Waals surface area contributed by atoms with Crippen molar-refractivity contribution in [1.29, 1.82) is 0 Å². The first-order valence-corrected chi connectivity index (χ1v) is 7.73. The number of aliphatic hydroxyl groups excluding tert-OH is 1. The fourth-order valence-corrected chi connectivity index (χ4v) is 4.03. The molecule has 0 aliphatic carbocycles. The number of hydrogen-bond donors (Lipinski definition) is 1. The molecule has 1 aliphatic rings. The van der Waals surface area contributed by atoms with Crippen LogP contribution >= 0.6 is 0 Å². The second-order valence-electron chi connectivity index (χ2n) is 4.68. The zero-order valence-corrected chi connectivity index (χ0v) is 11.6. The molecule has 0 radical (unpaired) electrons. The van der Waals surface area contributed by atoms with Crippen LogP contribution in [-0.4, -0.2) is 68.7 Å². The van der Waals surface area contributed by atoms with E-state index in [4.69, 9.17) is 4.74 Å². The SMILES string of the molecule is COCC(O)CN(C)C(=O)C1CCCCS1(=O)=O. The van der Waals surface area contributed by atoms with Crippen LogP contribution in [0.4, 0.5) is 0 Å². The molecule has 106 valence electrons. The van der Waals surface area contributed by atoms with Gasteiger partial charge in [0.05, 0.1) is 18.5 Å². The molecule has 1 N–H and O–H groups in total. The van der Waals surface area contributed by atoms with E-state index in [-0.39, 0.29) is 18.9 Å². The summed E-state index contributed by atoms with van der Waals surface area (Å²) in [5.41, 5.74) is 0. The third-order valence-corrected chi connectivity index (χ3v) is 5.24. The highest BCUT2D eigenvalue weighted by Gasteiger charge is 2.36. The molecule has 1 amide bonds. The largest absolute Gasteiger partial charge is 0.389 e. The topological polar surface area (TPSA) is 83.9 Å². The van der Waals surface area contributed by atoms with Gasteiger partial charge in [-0.05, 0) is 12.8 Å². The molecule has 18 heavy (non-hydrogen) atoms. The van der Waals surface area contributed by atoms with Crippen LogP contribution in [0.2, 0.25) is 0 Å². The van der Waals surface area contributed by atoms with E-state index in [2.05, 4.69) is 0 Å². The Labute approximate surface area is 108 Å². The fraction of sp³-hybridized carbons (Fsp3) is 0.909. The number of nitrogens with zero attached hydrogens (tertiary/aromatic N) is 1. The zero-order chi connectivity index (χ0) is 13.8. The Morgan fingerprint density at radius 1 is 1.50 bits per heavy atom. The van der Waals surface area contributed by atoms with Gasteiger partial charge in [-0.3, -0.25) is 4.79 Å². The molecule has 0 aromatic carbocycles. The van der Waals surface area contributed by atoms with Gasteiger partial charge in [0, 0.05) is 20.7 Å². The maximum absolute atomic E-state index is 12.0. The standard InChI is InChI=1S/C11H21NO5S/c1-12(7-9(13)8-17-2)11(14)10-5-3-4-6-18(10,15)16/h9-10,13H,3-8H2,1-2H3. The monoisotopic (exact) mass is 279 g/mol. The van der Waals surface area contributed by atoms with E-state index >= 15 is 0 Å². The number of likely N-dealkylation sites (N-methyl/N-ethyl adjacent to an activating group) is 1. The minimum Gasteiger partial charge on any atom is -0.389 e. The first-order chi connectivity index (χ1) is 8.38. The van der Waals surface area contributed by atoms with Crippen LogP contribution < -0.4 is 0 Å². The Hall–Kier alpha value is -0.660. The molecular formula is C11H21NO5S. The van der Waals surface area contributed by atoms with Crippen molar-refractivity contribution in [3.05, 3.63) is 0 Å². The maximum atomic E-state index is 12.0. The number of methoxy groups -OCH3 is 1. The van der Waals surface area contributed by atoms with Crippen molar-refractivity contribution in [2.75, 3.05) is 33.1 Å². The summed E-state index contributed by atoms with van der Waals surface area (Å²) in [5.74, 6) is -0.345. The van der Waals surface area contributed by atoms with Crippen molar-refractivity contribution in [2.45, 2.75) is 30.6 Å². The van der Waals surface area contributed by atoms with Gasteiger partial charge in [0.1, 0.15) is 5.25 Å². The highest BCUT2D eigenvalue weighted by molar-refractivity contribution is 7.92. The summed E-state index contributed by atoms with van der Waals surface area (Å²) in [6.45, 7) is 0.202. The maximum Gasteiger partial charge on any atom is 0.240 e. The van der Waals surface area contributed by atoms with E-state index in [1.54, 1.807) is 0 Å². The summed E-state index contributed by atoms with van der Waals surface area (Å²) in [5, 5.41) is 8.59. The van der Waals surface area contributed by atoms with Gasteiger partial charge in [-0.25, -0.2) is 8.42 Å². The number of aliphatic hydroxyl groups is 1. The molecule has 0 spiro atoms. The lowest BCUT2D eigenvalue weighted by atomic mass is 10.1. The Kier molecular flexibility index (Phi) is 5.55. The smallest absolute Gasteiger partial charge is 0.240 e. The minimum atomic E-state index is -3.32. The third-order valence-electron chi connectivity index (χ3n) is 3.07. The molecule has 2 atom stereocenters. The average Bonchev–Trinajstić information content (AvgIpc) is 2.27. The predicted octanol–water partition coefficient (Wildman–Crippen LogP) is -0.581. The second-order valence-corrected chi connectivity index (χ2v) is 6.98. The molecule has 6 nitrogen and oxygen atoms in total. The molecule has 1 fully saturated rings. The van der Waals surface area contributed by atoms with Crippen LogP contribution in [0, 0.1) is 0 Å². The second kappa shape index (κ2) is 6.49. The highest BCUT2D eigenvalue weighted by atomic mass is 32.2. The molecule has 1 rings (SSSR count). The van der Waals surface area contributed by atoms with Gasteiger partial charge in [-0.2, -0.15) is 0 Å². The molecule has 0 aromatic rings. The van der Waals surface area contributed by atoms with Crippen LogP contribution in [-0.2, 0) is 19.4 Å². The van der Waals surface area contributed by atoms with Crippen LogP contribution in [0.5, 0.6) is 0 Å². The minimum absolute atomic E-state index is 0.0812.